The fourth-order valence-electron chi connectivity index (χ4n) is 2.85. The molecule has 112 valence electrons. The number of carbonyl (C=O) groups is 2. The first-order valence-corrected chi connectivity index (χ1v) is 7.26. The third kappa shape index (κ3) is 2.58. The maximum atomic E-state index is 12.5. The lowest BCUT2D eigenvalue weighted by molar-refractivity contribution is 0.0526. The molecule has 6 nitrogen and oxygen atoms in total. The number of benzene rings is 1. The minimum atomic E-state index is -0.356. The smallest absolute Gasteiger partial charge is 0.338 e. The van der Waals surface area contributed by atoms with E-state index in [-0.39, 0.29) is 18.0 Å². The number of fused-ring (bicyclic) bond motifs is 1. The van der Waals surface area contributed by atoms with Crippen LogP contribution in [0.15, 0.2) is 24.3 Å². The SMILES string of the molecule is CCOC(=O)c1cccc(N2CC3CNCCN3C2=O)c1. The van der Waals surface area contributed by atoms with Gasteiger partial charge in [0.1, 0.15) is 0 Å². The fourth-order valence-corrected chi connectivity index (χ4v) is 2.85. The summed E-state index contributed by atoms with van der Waals surface area (Å²) in [5.74, 6) is -0.356. The highest BCUT2D eigenvalue weighted by Gasteiger charge is 2.39. The van der Waals surface area contributed by atoms with Crippen LogP contribution in [0.3, 0.4) is 0 Å². The van der Waals surface area contributed by atoms with E-state index in [1.54, 1.807) is 30.0 Å². The number of piperazine rings is 1. The molecule has 0 aliphatic carbocycles. The number of hydrogen-bond acceptors (Lipinski definition) is 4. The first kappa shape index (κ1) is 13.9. The van der Waals surface area contributed by atoms with Crippen LogP contribution in [0.25, 0.3) is 0 Å². The maximum Gasteiger partial charge on any atom is 0.338 e. The number of nitrogens with one attached hydrogen (secondary N) is 1. The zero-order chi connectivity index (χ0) is 14.8. The molecule has 2 amide bonds. The van der Waals surface area contributed by atoms with Gasteiger partial charge in [0.2, 0.25) is 0 Å². The fraction of sp³-hybridized carbons (Fsp3) is 0.467. The van der Waals surface area contributed by atoms with E-state index in [1.807, 2.05) is 11.0 Å². The van der Waals surface area contributed by atoms with E-state index in [4.69, 9.17) is 4.74 Å². The van der Waals surface area contributed by atoms with Gasteiger partial charge in [-0.1, -0.05) is 6.07 Å². The number of nitrogens with zero attached hydrogens (tertiary/aromatic N) is 2. The molecule has 6 heteroatoms. The zero-order valence-electron chi connectivity index (χ0n) is 12.0. The van der Waals surface area contributed by atoms with E-state index in [1.165, 1.54) is 0 Å². The van der Waals surface area contributed by atoms with Crippen LogP contribution in [0.5, 0.6) is 0 Å². The summed E-state index contributed by atoms with van der Waals surface area (Å²) < 4.78 is 5.00. The number of esters is 1. The Labute approximate surface area is 123 Å². The van der Waals surface area contributed by atoms with Crippen LogP contribution in [0, 0.1) is 0 Å². The standard InChI is InChI=1S/C15H19N3O3/c1-2-21-14(19)11-4-3-5-12(8-11)18-10-13-9-16-6-7-17(13)15(18)20/h3-5,8,13,16H,2,6-7,9-10H2,1H3. The van der Waals surface area contributed by atoms with Crippen LogP contribution in [0.2, 0.25) is 0 Å². The Balaban J connectivity index is 1.82. The number of urea groups is 1. The van der Waals surface area contributed by atoms with Crippen molar-refractivity contribution in [2.75, 3.05) is 37.7 Å². The first-order chi connectivity index (χ1) is 10.2. The molecule has 3 rings (SSSR count). The molecule has 1 aromatic carbocycles. The molecule has 2 heterocycles. The van der Waals surface area contributed by atoms with Crippen molar-refractivity contribution < 1.29 is 14.3 Å². The van der Waals surface area contributed by atoms with Crippen molar-refractivity contribution in [1.29, 1.82) is 0 Å². The average molecular weight is 289 g/mol. The Hall–Kier alpha value is -2.08. The Morgan fingerprint density at radius 1 is 1.48 bits per heavy atom. The summed E-state index contributed by atoms with van der Waals surface area (Å²) in [6, 6.07) is 7.29. The molecule has 21 heavy (non-hydrogen) atoms. The number of ether oxygens (including phenoxy) is 1. The Morgan fingerprint density at radius 2 is 2.33 bits per heavy atom. The average Bonchev–Trinajstić information content (AvgIpc) is 2.85. The third-order valence-electron chi connectivity index (χ3n) is 3.89. The van der Waals surface area contributed by atoms with Gasteiger partial charge in [0, 0.05) is 31.9 Å². The quantitative estimate of drug-likeness (QED) is 0.846. The number of anilines is 1. The molecular formula is C15H19N3O3. The van der Waals surface area contributed by atoms with Gasteiger partial charge in [-0.2, -0.15) is 0 Å². The molecule has 0 saturated carbocycles. The summed E-state index contributed by atoms with van der Waals surface area (Å²) in [6.07, 6.45) is 0. The van der Waals surface area contributed by atoms with Crippen molar-refractivity contribution in [3.8, 4) is 0 Å². The van der Waals surface area contributed by atoms with Gasteiger partial charge in [-0.25, -0.2) is 9.59 Å². The maximum absolute atomic E-state index is 12.5. The van der Waals surface area contributed by atoms with Gasteiger partial charge in [-0.3, -0.25) is 4.90 Å². The van der Waals surface area contributed by atoms with Gasteiger partial charge in [0.15, 0.2) is 0 Å². The van der Waals surface area contributed by atoms with E-state index in [0.29, 0.717) is 18.7 Å². The van der Waals surface area contributed by atoms with Crippen LogP contribution in [0.1, 0.15) is 17.3 Å². The molecule has 0 radical (unpaired) electrons. The van der Waals surface area contributed by atoms with E-state index in [9.17, 15) is 9.59 Å². The number of carbonyl (C=O) groups excluding carboxylic acids is 2. The summed E-state index contributed by atoms with van der Waals surface area (Å²) >= 11 is 0. The van der Waals surface area contributed by atoms with E-state index in [2.05, 4.69) is 5.32 Å². The largest absolute Gasteiger partial charge is 0.462 e. The first-order valence-electron chi connectivity index (χ1n) is 7.26. The predicted octanol–water partition coefficient (Wildman–Crippen LogP) is 1.08. The molecule has 0 spiro atoms. The summed E-state index contributed by atoms with van der Waals surface area (Å²) in [5.41, 5.74) is 1.23. The van der Waals surface area contributed by atoms with E-state index >= 15 is 0 Å². The van der Waals surface area contributed by atoms with Crippen molar-refractivity contribution in [2.24, 2.45) is 0 Å². The van der Waals surface area contributed by atoms with Gasteiger partial charge in [-0.05, 0) is 25.1 Å². The lowest BCUT2D eigenvalue weighted by atomic mass is 10.2. The van der Waals surface area contributed by atoms with Crippen LogP contribution in [-0.2, 0) is 4.74 Å². The Morgan fingerprint density at radius 3 is 3.10 bits per heavy atom. The second kappa shape index (κ2) is 5.73. The van der Waals surface area contributed by atoms with Gasteiger partial charge in [-0.15, -0.1) is 0 Å². The number of hydrogen-bond donors (Lipinski definition) is 1. The molecule has 1 atom stereocenters. The number of rotatable bonds is 3. The Bertz CT molecular complexity index is 561. The topological polar surface area (TPSA) is 61.9 Å². The molecule has 0 bridgehead atoms. The van der Waals surface area contributed by atoms with Gasteiger partial charge < -0.3 is 15.0 Å². The van der Waals surface area contributed by atoms with E-state index in [0.717, 1.165) is 25.3 Å². The third-order valence-corrected chi connectivity index (χ3v) is 3.89. The van der Waals surface area contributed by atoms with Crippen molar-refractivity contribution >= 4 is 17.7 Å². The van der Waals surface area contributed by atoms with Crippen molar-refractivity contribution in [3.63, 3.8) is 0 Å². The minimum absolute atomic E-state index is 0.0162. The lowest BCUT2D eigenvalue weighted by Gasteiger charge is -2.28. The summed E-state index contributed by atoms with van der Waals surface area (Å²) in [5, 5.41) is 3.30. The summed E-state index contributed by atoms with van der Waals surface area (Å²) in [4.78, 5) is 27.9. The van der Waals surface area contributed by atoms with Crippen molar-refractivity contribution in [3.05, 3.63) is 29.8 Å². The van der Waals surface area contributed by atoms with Crippen LogP contribution in [0.4, 0.5) is 10.5 Å². The molecule has 1 N–H and O–H groups in total. The van der Waals surface area contributed by atoms with Crippen LogP contribution < -0.4 is 10.2 Å². The monoisotopic (exact) mass is 289 g/mol. The molecule has 2 aliphatic heterocycles. The van der Waals surface area contributed by atoms with Crippen molar-refractivity contribution in [2.45, 2.75) is 13.0 Å². The molecule has 0 aromatic heterocycles. The number of amides is 2. The van der Waals surface area contributed by atoms with Gasteiger partial charge >= 0.3 is 12.0 Å². The molecule has 1 unspecified atom stereocenters. The predicted molar refractivity (Wildman–Crippen MR) is 78.5 cm³/mol. The molecule has 2 fully saturated rings. The molecular weight excluding hydrogens is 270 g/mol. The van der Waals surface area contributed by atoms with E-state index < -0.39 is 0 Å². The second-order valence-electron chi connectivity index (χ2n) is 5.22. The summed E-state index contributed by atoms with van der Waals surface area (Å²) in [7, 11) is 0. The van der Waals surface area contributed by atoms with Gasteiger partial charge in [0.25, 0.3) is 0 Å². The molecule has 1 aromatic rings. The molecule has 2 saturated heterocycles. The van der Waals surface area contributed by atoms with Gasteiger partial charge in [0.05, 0.1) is 18.2 Å². The normalized spacial score (nSPS) is 21.4. The second-order valence-corrected chi connectivity index (χ2v) is 5.22. The molecule has 2 aliphatic rings. The minimum Gasteiger partial charge on any atom is -0.462 e. The summed E-state index contributed by atoms with van der Waals surface area (Å²) in [6.45, 7) is 5.15. The highest BCUT2D eigenvalue weighted by molar-refractivity contribution is 5.97. The van der Waals surface area contributed by atoms with Crippen LogP contribution >= 0.6 is 0 Å². The lowest BCUT2D eigenvalue weighted by Crippen LogP contribution is -2.49. The zero-order valence-corrected chi connectivity index (χ0v) is 12.0. The highest BCUT2D eigenvalue weighted by Crippen LogP contribution is 2.25. The van der Waals surface area contributed by atoms with Crippen LogP contribution in [-0.4, -0.2) is 55.7 Å². The highest BCUT2D eigenvalue weighted by atomic mass is 16.5. The Kier molecular flexibility index (Phi) is 3.79. The van der Waals surface area contributed by atoms with Crippen molar-refractivity contribution in [1.82, 2.24) is 10.2 Å².